The maximum absolute atomic E-state index is 13.3. The number of hydrogen-bond donors (Lipinski definition) is 1. The number of ketones is 1. The van der Waals surface area contributed by atoms with Gasteiger partial charge in [-0.25, -0.2) is 0 Å². The quantitative estimate of drug-likeness (QED) is 0.346. The summed E-state index contributed by atoms with van der Waals surface area (Å²) in [5, 5.41) is 11.3. The summed E-state index contributed by atoms with van der Waals surface area (Å²) in [4.78, 5) is 34.2. The molecule has 0 spiro atoms. The van der Waals surface area contributed by atoms with Crippen molar-refractivity contribution in [3.05, 3.63) is 89.3 Å². The van der Waals surface area contributed by atoms with Crippen molar-refractivity contribution < 1.29 is 24.2 Å². The number of amides is 1. The molecule has 2 aromatic carbocycles. The summed E-state index contributed by atoms with van der Waals surface area (Å²) in [5.74, 6) is -0.633. The Bertz CT molecular complexity index is 1300. The molecule has 1 aromatic heterocycles. The maximum atomic E-state index is 13.3. The van der Waals surface area contributed by atoms with Gasteiger partial charge in [-0.2, -0.15) is 0 Å². The lowest BCUT2D eigenvalue weighted by atomic mass is 9.95. The van der Waals surface area contributed by atoms with Gasteiger partial charge in [-0.05, 0) is 48.0 Å². The van der Waals surface area contributed by atoms with Crippen LogP contribution in [-0.4, -0.2) is 54.0 Å². The molecular formula is C27H25N3O5. The number of benzene rings is 2. The molecule has 2 aliphatic heterocycles. The van der Waals surface area contributed by atoms with E-state index in [-0.39, 0.29) is 17.9 Å². The van der Waals surface area contributed by atoms with Crippen molar-refractivity contribution in [2.75, 3.05) is 32.2 Å². The monoisotopic (exact) mass is 471 g/mol. The largest absolute Gasteiger partial charge is 0.507 e. The lowest BCUT2D eigenvalue weighted by molar-refractivity contribution is -0.140. The minimum atomic E-state index is -0.776. The Morgan fingerprint density at radius 3 is 2.46 bits per heavy atom. The van der Waals surface area contributed by atoms with E-state index in [1.807, 2.05) is 49.3 Å². The maximum Gasteiger partial charge on any atom is 0.296 e. The van der Waals surface area contributed by atoms with Gasteiger partial charge >= 0.3 is 0 Å². The molecule has 8 nitrogen and oxygen atoms in total. The van der Waals surface area contributed by atoms with Gasteiger partial charge in [-0.15, -0.1) is 0 Å². The Morgan fingerprint density at radius 1 is 1.03 bits per heavy atom. The molecule has 1 amide bonds. The zero-order valence-electron chi connectivity index (χ0n) is 19.5. The van der Waals surface area contributed by atoms with E-state index >= 15 is 0 Å². The Balaban J connectivity index is 1.62. The number of hydrogen-bond acceptors (Lipinski definition) is 7. The standard InChI is InChI=1S/C27H25N3O5/c1-29(2)20-9-6-17(7-10-20)24-23(25(31)18-8-11-21-22(15-18)35-14-13-34-21)26(32)27(33)30(24)16-19-5-3-4-12-28-19/h3-12,15,24,31H,13-14,16H2,1-2H3/b25-23-. The van der Waals surface area contributed by atoms with Gasteiger partial charge in [0, 0.05) is 31.5 Å². The van der Waals surface area contributed by atoms with Gasteiger partial charge in [0.1, 0.15) is 19.0 Å². The third-order valence-electron chi connectivity index (χ3n) is 6.14. The summed E-state index contributed by atoms with van der Waals surface area (Å²) in [6.07, 6.45) is 1.64. The first-order chi connectivity index (χ1) is 16.9. The molecule has 2 aliphatic rings. The fourth-order valence-corrected chi connectivity index (χ4v) is 4.36. The molecule has 1 N–H and O–H groups in total. The molecule has 0 saturated carbocycles. The van der Waals surface area contributed by atoms with Gasteiger partial charge in [-0.1, -0.05) is 18.2 Å². The lowest BCUT2D eigenvalue weighted by Gasteiger charge is -2.26. The summed E-state index contributed by atoms with van der Waals surface area (Å²) >= 11 is 0. The van der Waals surface area contributed by atoms with Crippen LogP contribution in [0.25, 0.3) is 5.76 Å². The van der Waals surface area contributed by atoms with E-state index < -0.39 is 17.7 Å². The molecule has 8 heteroatoms. The Kier molecular flexibility index (Phi) is 5.86. The van der Waals surface area contributed by atoms with Gasteiger partial charge in [0.05, 0.1) is 23.9 Å². The second-order valence-electron chi connectivity index (χ2n) is 8.59. The zero-order valence-corrected chi connectivity index (χ0v) is 19.5. The summed E-state index contributed by atoms with van der Waals surface area (Å²) < 4.78 is 11.2. The third kappa shape index (κ3) is 4.19. The zero-order chi connectivity index (χ0) is 24.5. The number of anilines is 1. The van der Waals surface area contributed by atoms with Crippen molar-refractivity contribution in [2.24, 2.45) is 0 Å². The minimum absolute atomic E-state index is 0.0280. The van der Waals surface area contributed by atoms with Crippen molar-refractivity contribution in [3.63, 3.8) is 0 Å². The van der Waals surface area contributed by atoms with Crippen LogP contribution in [0.15, 0.2) is 72.4 Å². The molecule has 0 aliphatic carbocycles. The normalized spacial score (nSPS) is 18.6. The molecule has 1 saturated heterocycles. The van der Waals surface area contributed by atoms with E-state index in [2.05, 4.69) is 4.98 Å². The number of carbonyl (C=O) groups is 2. The highest BCUT2D eigenvalue weighted by molar-refractivity contribution is 6.46. The molecule has 0 bridgehead atoms. The van der Waals surface area contributed by atoms with Crippen molar-refractivity contribution in [3.8, 4) is 11.5 Å². The summed E-state index contributed by atoms with van der Waals surface area (Å²) in [6, 6.07) is 17.2. The van der Waals surface area contributed by atoms with E-state index in [1.165, 1.54) is 4.90 Å². The van der Waals surface area contributed by atoms with Crippen LogP contribution in [0.1, 0.15) is 22.9 Å². The topological polar surface area (TPSA) is 92.2 Å². The van der Waals surface area contributed by atoms with Crippen LogP contribution >= 0.6 is 0 Å². The van der Waals surface area contributed by atoms with E-state index in [0.29, 0.717) is 41.5 Å². The van der Waals surface area contributed by atoms with Gasteiger partial charge in [0.2, 0.25) is 0 Å². The highest BCUT2D eigenvalue weighted by Gasteiger charge is 2.46. The lowest BCUT2D eigenvalue weighted by Crippen LogP contribution is -2.29. The van der Waals surface area contributed by atoms with Crippen LogP contribution < -0.4 is 14.4 Å². The van der Waals surface area contributed by atoms with Crippen LogP contribution in [-0.2, 0) is 16.1 Å². The van der Waals surface area contributed by atoms with Crippen molar-refractivity contribution in [2.45, 2.75) is 12.6 Å². The number of pyridine rings is 1. The highest BCUT2D eigenvalue weighted by atomic mass is 16.6. The van der Waals surface area contributed by atoms with Crippen LogP contribution in [0.4, 0.5) is 5.69 Å². The van der Waals surface area contributed by atoms with Crippen LogP contribution in [0.3, 0.4) is 0 Å². The van der Waals surface area contributed by atoms with E-state index in [4.69, 9.17) is 9.47 Å². The van der Waals surface area contributed by atoms with Crippen LogP contribution in [0, 0.1) is 0 Å². The van der Waals surface area contributed by atoms with Gasteiger partial charge in [0.25, 0.3) is 11.7 Å². The number of fused-ring (bicyclic) bond motifs is 1. The number of aliphatic hydroxyl groups excluding tert-OH is 1. The number of likely N-dealkylation sites (tertiary alicyclic amines) is 1. The predicted octanol–water partition coefficient (Wildman–Crippen LogP) is 3.54. The van der Waals surface area contributed by atoms with Crippen LogP contribution in [0.5, 0.6) is 11.5 Å². The number of ether oxygens (including phenoxy) is 2. The van der Waals surface area contributed by atoms with Gasteiger partial charge < -0.3 is 24.4 Å². The molecule has 1 atom stereocenters. The molecule has 35 heavy (non-hydrogen) atoms. The molecule has 3 heterocycles. The van der Waals surface area contributed by atoms with Crippen LogP contribution in [0.2, 0.25) is 0 Å². The predicted molar refractivity (Wildman–Crippen MR) is 130 cm³/mol. The van der Waals surface area contributed by atoms with E-state index in [9.17, 15) is 14.7 Å². The molecule has 3 aromatic rings. The number of carbonyl (C=O) groups excluding carboxylic acids is 2. The number of aromatic nitrogens is 1. The average Bonchev–Trinajstić information content (AvgIpc) is 3.13. The second-order valence-corrected chi connectivity index (χ2v) is 8.59. The number of aliphatic hydroxyl groups is 1. The molecule has 0 radical (unpaired) electrons. The van der Waals surface area contributed by atoms with Crippen molar-refractivity contribution >= 4 is 23.1 Å². The molecule has 5 rings (SSSR count). The van der Waals surface area contributed by atoms with Crippen molar-refractivity contribution in [1.82, 2.24) is 9.88 Å². The Hall–Kier alpha value is -4.33. The van der Waals surface area contributed by atoms with Gasteiger partial charge in [-0.3, -0.25) is 14.6 Å². The number of Topliss-reactive ketones (excluding diaryl/α,β-unsaturated/α-hetero) is 1. The first-order valence-electron chi connectivity index (χ1n) is 11.3. The Morgan fingerprint density at radius 2 is 1.77 bits per heavy atom. The first kappa shape index (κ1) is 22.5. The van der Waals surface area contributed by atoms with Gasteiger partial charge in [0.15, 0.2) is 11.5 Å². The highest BCUT2D eigenvalue weighted by Crippen LogP contribution is 2.42. The minimum Gasteiger partial charge on any atom is -0.507 e. The number of nitrogens with zero attached hydrogens (tertiary/aromatic N) is 3. The molecule has 1 unspecified atom stereocenters. The Labute approximate surface area is 203 Å². The second kappa shape index (κ2) is 9.13. The molecule has 1 fully saturated rings. The third-order valence-corrected chi connectivity index (χ3v) is 6.14. The number of rotatable bonds is 5. The molecule has 178 valence electrons. The molecular weight excluding hydrogens is 446 g/mol. The fourth-order valence-electron chi connectivity index (χ4n) is 4.36. The SMILES string of the molecule is CN(C)c1ccc(C2/C(=C(/O)c3ccc4c(c3)OCCO4)C(=O)C(=O)N2Cc2ccccn2)cc1. The van der Waals surface area contributed by atoms with Crippen molar-refractivity contribution in [1.29, 1.82) is 0 Å². The summed E-state index contributed by atoms with van der Waals surface area (Å²) in [5.41, 5.74) is 2.73. The van der Waals surface area contributed by atoms with E-state index in [0.717, 1.165) is 5.69 Å². The first-order valence-corrected chi connectivity index (χ1v) is 11.3. The summed E-state index contributed by atoms with van der Waals surface area (Å²) in [7, 11) is 3.87. The summed E-state index contributed by atoms with van der Waals surface area (Å²) in [6.45, 7) is 0.966. The average molecular weight is 472 g/mol. The fraction of sp³-hybridized carbons (Fsp3) is 0.222. The smallest absolute Gasteiger partial charge is 0.296 e. The van der Waals surface area contributed by atoms with E-state index in [1.54, 1.807) is 36.5 Å².